The van der Waals surface area contributed by atoms with Crippen molar-refractivity contribution in [2.75, 3.05) is 0 Å². The lowest BCUT2D eigenvalue weighted by molar-refractivity contribution is 0.265. The highest BCUT2D eigenvalue weighted by Gasteiger charge is 2.30. The van der Waals surface area contributed by atoms with Crippen molar-refractivity contribution in [2.45, 2.75) is 128 Å². The lowest BCUT2D eigenvalue weighted by Crippen LogP contribution is -2.18. The Labute approximate surface area is 212 Å². The van der Waals surface area contributed by atoms with Crippen molar-refractivity contribution >= 4 is 0 Å². The molecule has 2 atom stereocenters. The molecule has 3 heteroatoms. The van der Waals surface area contributed by atoms with Crippen molar-refractivity contribution in [3.8, 4) is 0 Å². The zero-order valence-electron chi connectivity index (χ0n) is 22.1. The van der Waals surface area contributed by atoms with Crippen molar-refractivity contribution in [1.82, 2.24) is 0 Å². The van der Waals surface area contributed by atoms with Crippen LogP contribution in [-0.2, 0) is 0 Å². The van der Waals surface area contributed by atoms with E-state index in [9.17, 15) is 4.39 Å². The standard InChI is InChI=1S/C32H47F3/c1-3-5-6-24-12-18-27(30(33)21-24)17-11-23-9-15-26(16-10-23)29-20-19-28(31(34)32(29)35)25-13-7-22(4-2)8-14-25/h19-27H,3-18H2,1-2H3. The van der Waals surface area contributed by atoms with Gasteiger partial charge in [0.15, 0.2) is 11.6 Å². The van der Waals surface area contributed by atoms with Gasteiger partial charge in [0.2, 0.25) is 0 Å². The molecular formula is C32H47F3. The highest BCUT2D eigenvalue weighted by atomic mass is 19.2. The van der Waals surface area contributed by atoms with Crippen LogP contribution in [0.2, 0.25) is 0 Å². The number of rotatable bonds is 9. The Bertz CT molecular complexity index is 827. The normalized spacial score (nSPS) is 31.9. The van der Waals surface area contributed by atoms with Crippen LogP contribution < -0.4 is 0 Å². The molecule has 3 aliphatic rings. The van der Waals surface area contributed by atoms with Gasteiger partial charge < -0.3 is 0 Å². The summed E-state index contributed by atoms with van der Waals surface area (Å²) in [4.78, 5) is 0. The van der Waals surface area contributed by atoms with Crippen LogP contribution in [0.15, 0.2) is 24.0 Å². The third-order valence-electron chi connectivity index (χ3n) is 9.82. The Morgan fingerprint density at radius 2 is 1.23 bits per heavy atom. The van der Waals surface area contributed by atoms with Crippen LogP contribution in [0.5, 0.6) is 0 Å². The van der Waals surface area contributed by atoms with Gasteiger partial charge in [-0.15, -0.1) is 0 Å². The summed E-state index contributed by atoms with van der Waals surface area (Å²) < 4.78 is 44.9. The molecule has 0 heterocycles. The SMILES string of the molecule is CCCCC1C=C(F)C(CCC2CCC(c3ccc(C4CCC(CC)CC4)c(F)c3F)CC2)CC1. The summed E-state index contributed by atoms with van der Waals surface area (Å²) >= 11 is 0. The lowest BCUT2D eigenvalue weighted by Gasteiger charge is -2.32. The molecule has 1 aromatic carbocycles. The van der Waals surface area contributed by atoms with Crippen LogP contribution >= 0.6 is 0 Å². The van der Waals surface area contributed by atoms with Crippen LogP contribution in [-0.4, -0.2) is 0 Å². The molecule has 4 rings (SSSR count). The van der Waals surface area contributed by atoms with E-state index in [-0.39, 0.29) is 23.6 Å². The zero-order chi connectivity index (χ0) is 24.8. The number of halogens is 3. The minimum absolute atomic E-state index is 0.108. The Kier molecular flexibility index (Phi) is 9.82. The number of benzene rings is 1. The Morgan fingerprint density at radius 1 is 0.657 bits per heavy atom. The van der Waals surface area contributed by atoms with E-state index >= 15 is 8.78 Å². The molecule has 0 bridgehead atoms. The molecule has 0 aliphatic heterocycles. The van der Waals surface area contributed by atoms with E-state index in [1.165, 1.54) is 19.3 Å². The molecule has 2 unspecified atom stereocenters. The van der Waals surface area contributed by atoms with Gasteiger partial charge in [0, 0.05) is 5.92 Å². The maximum atomic E-state index is 15.2. The minimum atomic E-state index is -0.587. The summed E-state index contributed by atoms with van der Waals surface area (Å²) in [6.45, 7) is 4.42. The van der Waals surface area contributed by atoms with E-state index in [1.807, 2.05) is 18.2 Å². The Hall–Kier alpha value is -1.25. The highest BCUT2D eigenvalue weighted by Crippen LogP contribution is 2.43. The average Bonchev–Trinajstić information content (AvgIpc) is 2.89. The molecule has 196 valence electrons. The van der Waals surface area contributed by atoms with Gasteiger partial charge in [0.25, 0.3) is 0 Å². The summed E-state index contributed by atoms with van der Waals surface area (Å²) in [7, 11) is 0. The van der Waals surface area contributed by atoms with Crippen LogP contribution in [0.3, 0.4) is 0 Å². The molecule has 0 amide bonds. The third-order valence-corrected chi connectivity index (χ3v) is 9.82. The van der Waals surface area contributed by atoms with E-state index in [4.69, 9.17) is 0 Å². The Balaban J connectivity index is 1.26. The van der Waals surface area contributed by atoms with Gasteiger partial charge in [-0.2, -0.15) is 0 Å². The maximum absolute atomic E-state index is 15.2. The van der Waals surface area contributed by atoms with Gasteiger partial charge in [-0.25, -0.2) is 13.2 Å². The Morgan fingerprint density at radius 3 is 1.74 bits per heavy atom. The molecule has 0 spiro atoms. The predicted molar refractivity (Wildman–Crippen MR) is 140 cm³/mol. The molecule has 0 aromatic heterocycles. The summed E-state index contributed by atoms with van der Waals surface area (Å²) in [6.07, 6.45) is 18.9. The van der Waals surface area contributed by atoms with E-state index in [0.717, 1.165) is 89.4 Å². The first-order valence-corrected chi connectivity index (χ1v) is 14.8. The van der Waals surface area contributed by atoms with Gasteiger partial charge in [-0.05, 0) is 130 Å². The number of unbranched alkanes of at least 4 members (excludes halogenated alkanes) is 1. The molecule has 0 nitrogen and oxygen atoms in total. The monoisotopic (exact) mass is 488 g/mol. The molecule has 0 saturated heterocycles. The highest BCUT2D eigenvalue weighted by molar-refractivity contribution is 5.32. The second kappa shape index (κ2) is 12.8. The molecule has 0 radical (unpaired) electrons. The summed E-state index contributed by atoms with van der Waals surface area (Å²) in [5.74, 6) is 1.15. The van der Waals surface area contributed by atoms with Crippen molar-refractivity contribution in [1.29, 1.82) is 0 Å². The molecule has 2 fully saturated rings. The van der Waals surface area contributed by atoms with E-state index in [0.29, 0.717) is 23.0 Å². The van der Waals surface area contributed by atoms with Crippen LogP contribution in [0.25, 0.3) is 0 Å². The first-order valence-electron chi connectivity index (χ1n) is 14.8. The van der Waals surface area contributed by atoms with Crippen molar-refractivity contribution in [3.63, 3.8) is 0 Å². The van der Waals surface area contributed by atoms with Gasteiger partial charge in [0.05, 0.1) is 5.83 Å². The van der Waals surface area contributed by atoms with Crippen LogP contribution in [0.4, 0.5) is 13.2 Å². The van der Waals surface area contributed by atoms with Crippen molar-refractivity contribution in [2.24, 2.45) is 23.7 Å². The minimum Gasteiger partial charge on any atom is -0.212 e. The fourth-order valence-electron chi connectivity index (χ4n) is 7.26. The van der Waals surface area contributed by atoms with Crippen molar-refractivity contribution in [3.05, 3.63) is 46.8 Å². The first kappa shape index (κ1) is 26.8. The second-order valence-corrected chi connectivity index (χ2v) is 12.0. The topological polar surface area (TPSA) is 0 Å². The van der Waals surface area contributed by atoms with E-state index in [1.54, 1.807) is 0 Å². The van der Waals surface area contributed by atoms with Crippen molar-refractivity contribution < 1.29 is 13.2 Å². The molecule has 35 heavy (non-hydrogen) atoms. The van der Waals surface area contributed by atoms with Gasteiger partial charge >= 0.3 is 0 Å². The largest absolute Gasteiger partial charge is 0.212 e. The lowest BCUT2D eigenvalue weighted by atomic mass is 9.74. The second-order valence-electron chi connectivity index (χ2n) is 12.0. The summed E-state index contributed by atoms with van der Waals surface area (Å²) in [5.41, 5.74) is 1.19. The number of hydrogen-bond acceptors (Lipinski definition) is 0. The van der Waals surface area contributed by atoms with Gasteiger partial charge in [0.1, 0.15) is 0 Å². The van der Waals surface area contributed by atoms with Gasteiger partial charge in [-0.1, -0.05) is 45.2 Å². The zero-order valence-corrected chi connectivity index (χ0v) is 22.1. The van der Waals surface area contributed by atoms with Gasteiger partial charge in [-0.3, -0.25) is 0 Å². The molecule has 2 saturated carbocycles. The molecule has 1 aromatic rings. The smallest absolute Gasteiger partial charge is 0.162 e. The molecular weight excluding hydrogens is 441 g/mol. The maximum Gasteiger partial charge on any atom is 0.162 e. The van der Waals surface area contributed by atoms with Crippen LogP contribution in [0, 0.1) is 35.3 Å². The number of allylic oxidation sites excluding steroid dienone is 2. The fourth-order valence-corrected chi connectivity index (χ4v) is 7.26. The summed E-state index contributed by atoms with van der Waals surface area (Å²) in [6, 6.07) is 3.78. The first-order chi connectivity index (χ1) is 17.0. The predicted octanol–water partition coefficient (Wildman–Crippen LogP) is 10.8. The molecule has 3 aliphatic carbocycles. The quantitative estimate of drug-likeness (QED) is 0.324. The van der Waals surface area contributed by atoms with E-state index in [2.05, 4.69) is 13.8 Å². The fraction of sp³-hybridized carbons (Fsp3) is 0.750. The summed E-state index contributed by atoms with van der Waals surface area (Å²) in [5, 5.41) is 0. The molecule has 0 N–H and O–H groups in total. The number of hydrogen-bond donors (Lipinski definition) is 0. The van der Waals surface area contributed by atoms with Crippen LogP contribution in [0.1, 0.15) is 140 Å². The third kappa shape index (κ3) is 6.75. The average molecular weight is 489 g/mol. The van der Waals surface area contributed by atoms with E-state index < -0.39 is 11.6 Å².